The molecule has 2 aromatic carbocycles. The molecule has 1 aromatic heterocycles. The van der Waals surface area contributed by atoms with Gasteiger partial charge in [-0.1, -0.05) is 18.2 Å². The fraction of sp³-hybridized carbons (Fsp3) is 0.250. The number of nitrogens with one attached hydrogen (secondary N) is 1. The van der Waals surface area contributed by atoms with Crippen LogP contribution in [0.4, 0.5) is 11.4 Å². The van der Waals surface area contributed by atoms with Gasteiger partial charge in [-0.15, -0.1) is 0 Å². The Labute approximate surface area is 147 Å². The van der Waals surface area contributed by atoms with Crippen molar-refractivity contribution in [1.82, 2.24) is 9.78 Å². The Kier molecular flexibility index (Phi) is 4.06. The molecule has 0 atom stereocenters. The summed E-state index contributed by atoms with van der Waals surface area (Å²) >= 11 is 0. The van der Waals surface area contributed by atoms with E-state index < -0.39 is 0 Å². The van der Waals surface area contributed by atoms with Gasteiger partial charge in [0.1, 0.15) is 5.75 Å². The Balaban J connectivity index is 1.63. The third-order valence-electron chi connectivity index (χ3n) is 4.61. The van der Waals surface area contributed by atoms with Crippen molar-refractivity contribution in [3.63, 3.8) is 0 Å². The van der Waals surface area contributed by atoms with E-state index in [1.165, 1.54) is 22.5 Å². The third-order valence-corrected chi connectivity index (χ3v) is 4.61. The van der Waals surface area contributed by atoms with Crippen LogP contribution in [0.1, 0.15) is 5.56 Å². The molecule has 1 N–H and O–H groups in total. The van der Waals surface area contributed by atoms with Crippen LogP contribution >= 0.6 is 0 Å². The fourth-order valence-corrected chi connectivity index (χ4v) is 3.25. The van der Waals surface area contributed by atoms with Crippen molar-refractivity contribution in [2.45, 2.75) is 6.54 Å². The van der Waals surface area contributed by atoms with Gasteiger partial charge in [0, 0.05) is 38.4 Å². The summed E-state index contributed by atoms with van der Waals surface area (Å²) in [5, 5.41) is 7.78. The van der Waals surface area contributed by atoms with E-state index in [2.05, 4.69) is 45.6 Å². The number of ether oxygens (including phenoxy) is 1. The molecule has 3 aromatic rings. The Morgan fingerprint density at radius 1 is 1.12 bits per heavy atom. The molecule has 0 radical (unpaired) electrons. The van der Waals surface area contributed by atoms with Gasteiger partial charge < -0.3 is 15.0 Å². The predicted molar refractivity (Wildman–Crippen MR) is 101 cm³/mol. The van der Waals surface area contributed by atoms with E-state index >= 15 is 0 Å². The van der Waals surface area contributed by atoms with E-state index in [9.17, 15) is 0 Å². The zero-order valence-electron chi connectivity index (χ0n) is 14.6. The minimum absolute atomic E-state index is 0.884. The Morgan fingerprint density at radius 3 is 2.68 bits per heavy atom. The average molecular weight is 334 g/mol. The lowest BCUT2D eigenvalue weighted by atomic mass is 10.1. The molecular formula is C20H22N4O. The number of hydrogen-bond acceptors (Lipinski definition) is 4. The minimum Gasteiger partial charge on any atom is -0.497 e. The lowest BCUT2D eigenvalue weighted by Crippen LogP contribution is -2.33. The molecule has 0 saturated heterocycles. The first-order chi connectivity index (χ1) is 12.2. The zero-order valence-corrected chi connectivity index (χ0v) is 14.6. The van der Waals surface area contributed by atoms with Gasteiger partial charge in [0.2, 0.25) is 0 Å². The Morgan fingerprint density at radius 2 is 1.96 bits per heavy atom. The first kappa shape index (κ1) is 15.6. The first-order valence-electron chi connectivity index (χ1n) is 8.48. The third kappa shape index (κ3) is 3.18. The molecule has 1 aliphatic heterocycles. The zero-order chi connectivity index (χ0) is 17.2. The van der Waals surface area contributed by atoms with Crippen molar-refractivity contribution in [3.05, 3.63) is 60.4 Å². The molecule has 0 amide bonds. The van der Waals surface area contributed by atoms with Crippen LogP contribution in [0, 0.1) is 0 Å². The van der Waals surface area contributed by atoms with E-state index in [-0.39, 0.29) is 0 Å². The summed E-state index contributed by atoms with van der Waals surface area (Å²) in [6, 6.07) is 14.9. The number of benzene rings is 2. The number of nitrogens with zero attached hydrogens (tertiary/aromatic N) is 3. The monoisotopic (exact) mass is 334 g/mol. The molecule has 0 unspecified atom stereocenters. The average Bonchev–Trinajstić information content (AvgIpc) is 3.09. The second-order valence-electron chi connectivity index (χ2n) is 6.33. The van der Waals surface area contributed by atoms with E-state index in [0.717, 1.165) is 30.9 Å². The van der Waals surface area contributed by atoms with Crippen molar-refractivity contribution in [2.75, 3.05) is 30.4 Å². The number of aromatic nitrogens is 2. The van der Waals surface area contributed by atoms with E-state index in [0.29, 0.717) is 0 Å². The maximum absolute atomic E-state index is 5.25. The smallest absolute Gasteiger partial charge is 0.118 e. The molecule has 1 aliphatic rings. The number of aryl methyl sites for hydroxylation is 1. The highest BCUT2D eigenvalue weighted by atomic mass is 16.5. The normalized spacial score (nSPS) is 13.3. The summed E-state index contributed by atoms with van der Waals surface area (Å²) in [5.41, 5.74) is 6.03. The number of methoxy groups -OCH3 is 1. The maximum Gasteiger partial charge on any atom is 0.118 e. The van der Waals surface area contributed by atoms with Gasteiger partial charge in [0.15, 0.2) is 0 Å². The molecule has 4 rings (SSSR count). The summed E-state index contributed by atoms with van der Waals surface area (Å²) in [6.07, 6.45) is 3.96. The SMILES string of the molecule is COc1ccc(CN2CCNc3ccc(-c4cnn(C)c4)cc32)cc1. The van der Waals surface area contributed by atoms with E-state index in [1.807, 2.05) is 36.3 Å². The van der Waals surface area contributed by atoms with E-state index in [1.54, 1.807) is 7.11 Å². The molecule has 25 heavy (non-hydrogen) atoms. The van der Waals surface area contributed by atoms with Gasteiger partial charge in [-0.05, 0) is 35.4 Å². The van der Waals surface area contributed by atoms with Crippen molar-refractivity contribution >= 4 is 11.4 Å². The van der Waals surface area contributed by atoms with Crippen LogP contribution in [0.3, 0.4) is 0 Å². The minimum atomic E-state index is 0.884. The van der Waals surface area contributed by atoms with E-state index in [4.69, 9.17) is 4.74 Å². The van der Waals surface area contributed by atoms with Crippen molar-refractivity contribution < 1.29 is 4.74 Å². The van der Waals surface area contributed by atoms with Crippen LogP contribution in [0.25, 0.3) is 11.1 Å². The summed E-state index contributed by atoms with van der Waals surface area (Å²) in [5.74, 6) is 0.892. The number of rotatable bonds is 4. The number of hydrogen-bond donors (Lipinski definition) is 1. The number of anilines is 2. The molecule has 128 valence electrons. The summed E-state index contributed by atoms with van der Waals surface area (Å²) < 4.78 is 7.09. The van der Waals surface area contributed by atoms with Crippen molar-refractivity contribution in [3.8, 4) is 16.9 Å². The largest absolute Gasteiger partial charge is 0.497 e. The Hall–Kier alpha value is -2.95. The highest BCUT2D eigenvalue weighted by Crippen LogP contribution is 2.34. The number of fused-ring (bicyclic) bond motifs is 1. The van der Waals surface area contributed by atoms with Crippen LogP contribution < -0.4 is 15.0 Å². The van der Waals surface area contributed by atoms with Crippen molar-refractivity contribution in [2.24, 2.45) is 7.05 Å². The highest BCUT2D eigenvalue weighted by Gasteiger charge is 2.18. The lowest BCUT2D eigenvalue weighted by Gasteiger charge is -2.32. The lowest BCUT2D eigenvalue weighted by molar-refractivity contribution is 0.414. The molecular weight excluding hydrogens is 312 g/mol. The quantitative estimate of drug-likeness (QED) is 0.793. The van der Waals surface area contributed by atoms with Gasteiger partial charge in [-0.25, -0.2) is 0 Å². The van der Waals surface area contributed by atoms with Gasteiger partial charge in [-0.2, -0.15) is 5.10 Å². The fourth-order valence-electron chi connectivity index (χ4n) is 3.25. The molecule has 0 saturated carbocycles. The summed E-state index contributed by atoms with van der Waals surface area (Å²) in [4.78, 5) is 2.42. The molecule has 0 aliphatic carbocycles. The van der Waals surface area contributed by atoms with Crippen LogP contribution in [-0.2, 0) is 13.6 Å². The van der Waals surface area contributed by atoms with Crippen LogP contribution in [0.15, 0.2) is 54.9 Å². The molecule has 2 heterocycles. The second-order valence-corrected chi connectivity index (χ2v) is 6.33. The second kappa shape index (κ2) is 6.51. The van der Waals surface area contributed by atoms with Gasteiger partial charge >= 0.3 is 0 Å². The van der Waals surface area contributed by atoms with Crippen LogP contribution in [0.5, 0.6) is 5.75 Å². The summed E-state index contributed by atoms with van der Waals surface area (Å²) in [7, 11) is 3.64. The first-order valence-corrected chi connectivity index (χ1v) is 8.48. The molecule has 0 fully saturated rings. The maximum atomic E-state index is 5.25. The van der Waals surface area contributed by atoms with Crippen molar-refractivity contribution in [1.29, 1.82) is 0 Å². The van der Waals surface area contributed by atoms with Crippen LogP contribution in [0.2, 0.25) is 0 Å². The van der Waals surface area contributed by atoms with Crippen LogP contribution in [-0.4, -0.2) is 30.0 Å². The van der Waals surface area contributed by atoms with Gasteiger partial charge in [0.05, 0.1) is 24.7 Å². The topological polar surface area (TPSA) is 42.3 Å². The van der Waals surface area contributed by atoms with Gasteiger partial charge in [0.25, 0.3) is 0 Å². The molecule has 0 bridgehead atoms. The highest BCUT2D eigenvalue weighted by molar-refractivity contribution is 5.79. The predicted octanol–water partition coefficient (Wildman–Crippen LogP) is 3.53. The molecule has 5 heteroatoms. The molecule has 5 nitrogen and oxygen atoms in total. The summed E-state index contributed by atoms with van der Waals surface area (Å²) in [6.45, 7) is 2.82. The Bertz CT molecular complexity index is 870. The van der Waals surface area contributed by atoms with Gasteiger partial charge in [-0.3, -0.25) is 4.68 Å². The standard InChI is InChI=1S/C20H22N4O/c1-23-14-17(12-22-23)16-5-8-19-20(11-16)24(10-9-21-19)13-15-3-6-18(25-2)7-4-15/h3-8,11-12,14,21H,9-10,13H2,1-2H3. The molecule has 0 spiro atoms.